The van der Waals surface area contributed by atoms with Crippen LogP contribution in [0.25, 0.3) is 0 Å². The van der Waals surface area contributed by atoms with Crippen LogP contribution in [0.4, 0.5) is 5.82 Å². The van der Waals surface area contributed by atoms with Crippen LogP contribution in [0.3, 0.4) is 0 Å². The van der Waals surface area contributed by atoms with Crippen LogP contribution in [0.5, 0.6) is 11.5 Å². The van der Waals surface area contributed by atoms with Gasteiger partial charge in [0.15, 0.2) is 23.8 Å². The summed E-state index contributed by atoms with van der Waals surface area (Å²) >= 11 is 0. The number of nitriles is 1. The summed E-state index contributed by atoms with van der Waals surface area (Å²) in [4.78, 5) is 44.4. The van der Waals surface area contributed by atoms with Crippen molar-refractivity contribution in [1.82, 2.24) is 14.2 Å². The van der Waals surface area contributed by atoms with Gasteiger partial charge < -0.3 is 29.0 Å². The van der Waals surface area contributed by atoms with E-state index in [4.69, 9.17) is 28.2 Å². The second-order valence-corrected chi connectivity index (χ2v) is 19.1. The van der Waals surface area contributed by atoms with Crippen molar-refractivity contribution in [3.8, 4) is 17.6 Å². The molecule has 1 amide bonds. The van der Waals surface area contributed by atoms with Gasteiger partial charge in [0.05, 0.1) is 33.3 Å². The lowest BCUT2D eigenvalue weighted by atomic mass is 9.79. The zero-order chi connectivity index (χ0) is 47.3. The Balaban J connectivity index is 1.52. The maximum atomic E-state index is 14.2. The molecule has 0 aliphatic carbocycles. The SMILES string of the molecule is CCCCCO[C@@H]1[C@H](O[P+](O)(CCC#N)N(C(C)C)C(C)C)[C@@H](COC(c2ccccc2)(c2ccccc2)c2cccc(OC)c2OC)O[C@H]1n1ccc(NC(=O)c2ccccc2)nc1=O. The molecule has 1 aliphatic rings. The molecule has 0 spiro atoms. The third-order valence-electron chi connectivity index (χ3n) is 11.6. The van der Waals surface area contributed by atoms with E-state index in [2.05, 4.69) is 23.3 Å². The first kappa shape index (κ1) is 49.9. The number of nitrogens with zero attached hydrogens (tertiary/aromatic N) is 4. The molecule has 6 rings (SSSR count). The lowest BCUT2D eigenvalue weighted by molar-refractivity contribution is -0.0981. The van der Waals surface area contributed by atoms with Gasteiger partial charge >= 0.3 is 13.6 Å². The van der Waals surface area contributed by atoms with Crippen LogP contribution in [0.1, 0.15) is 93.6 Å². The van der Waals surface area contributed by atoms with Crippen LogP contribution in [0, 0.1) is 11.3 Å². The summed E-state index contributed by atoms with van der Waals surface area (Å²) in [5.41, 5.74) is 0.552. The number of aromatic nitrogens is 2. The Morgan fingerprint density at radius 3 is 2.09 bits per heavy atom. The largest absolute Gasteiger partial charge is 0.493 e. The minimum Gasteiger partial charge on any atom is -0.493 e. The van der Waals surface area contributed by atoms with Crippen molar-refractivity contribution in [3.63, 3.8) is 0 Å². The van der Waals surface area contributed by atoms with E-state index in [0.29, 0.717) is 35.7 Å². The van der Waals surface area contributed by atoms with Crippen LogP contribution in [0.15, 0.2) is 126 Å². The number of anilines is 1. The maximum absolute atomic E-state index is 14.2. The summed E-state index contributed by atoms with van der Waals surface area (Å²) < 4.78 is 43.5. The van der Waals surface area contributed by atoms with Crippen LogP contribution < -0.4 is 20.5 Å². The normalized spacial score (nSPS) is 18.3. The van der Waals surface area contributed by atoms with Crippen LogP contribution in [-0.2, 0) is 24.3 Å². The Labute approximate surface area is 389 Å². The van der Waals surface area contributed by atoms with Gasteiger partial charge in [0.25, 0.3) is 5.91 Å². The molecule has 5 aromatic rings. The van der Waals surface area contributed by atoms with Gasteiger partial charge in [-0.05, 0) is 69.5 Å². The van der Waals surface area contributed by atoms with E-state index in [1.54, 1.807) is 38.5 Å². The molecule has 5 atom stereocenters. The van der Waals surface area contributed by atoms with Crippen molar-refractivity contribution in [2.24, 2.45) is 0 Å². The molecule has 0 radical (unpaired) electrons. The predicted octanol–water partition coefficient (Wildman–Crippen LogP) is 9.17. The van der Waals surface area contributed by atoms with Crippen LogP contribution in [-0.4, -0.2) is 89.0 Å². The van der Waals surface area contributed by atoms with Gasteiger partial charge in [-0.3, -0.25) is 9.36 Å². The molecule has 2 N–H and O–H groups in total. The molecule has 4 aromatic carbocycles. The van der Waals surface area contributed by atoms with E-state index in [-0.39, 0.29) is 37.1 Å². The summed E-state index contributed by atoms with van der Waals surface area (Å²) in [7, 11) is -0.446. The van der Waals surface area contributed by atoms with Crippen molar-refractivity contribution in [3.05, 3.63) is 154 Å². The average molecular weight is 921 g/mol. The Kier molecular flexibility index (Phi) is 17.6. The lowest BCUT2D eigenvalue weighted by Gasteiger charge is -2.39. The highest BCUT2D eigenvalue weighted by molar-refractivity contribution is 7.63. The van der Waals surface area contributed by atoms with E-state index < -0.39 is 49.6 Å². The summed E-state index contributed by atoms with van der Waals surface area (Å²) in [6.07, 6.45) is -0.0243. The Morgan fingerprint density at radius 1 is 0.894 bits per heavy atom. The standard InChI is InChI=1S/C51H62N5O9P/c1-8-9-19-33-62-47-46(65-66(59,34-21-31-52)56(36(2)3)37(4)5)43(64-49(47)55-32-30-44(54-50(55)58)53-48(57)38-22-13-10-14-23-38)35-63-51(39-24-15-11-16-25-39,40-26-17-12-18-27-40)41-28-20-29-42(60-6)45(41)61-7/h10-18,20,22-30,32,36-37,43,46-47,49,59H,8-9,19,21,33-35H2,1-7H3/p+1/t43-,46-,47-,49-,66?/m1/s1. The summed E-state index contributed by atoms with van der Waals surface area (Å²) in [6, 6.07) is 37.2. The number of benzene rings is 4. The highest BCUT2D eigenvalue weighted by atomic mass is 31.2. The second-order valence-electron chi connectivity index (χ2n) is 16.6. The lowest BCUT2D eigenvalue weighted by Crippen LogP contribution is -2.46. The molecule has 1 unspecified atom stereocenters. The van der Waals surface area contributed by atoms with Gasteiger partial charge in [0.2, 0.25) is 0 Å². The number of hydrogen-bond donors (Lipinski definition) is 2. The van der Waals surface area contributed by atoms with Crippen molar-refractivity contribution in [2.45, 2.75) is 103 Å². The van der Waals surface area contributed by atoms with Gasteiger partial charge in [-0.2, -0.15) is 14.8 Å². The first-order valence-electron chi connectivity index (χ1n) is 22.6. The van der Waals surface area contributed by atoms with Gasteiger partial charge in [-0.1, -0.05) is 111 Å². The highest BCUT2D eigenvalue weighted by Gasteiger charge is 2.58. The van der Waals surface area contributed by atoms with Gasteiger partial charge in [0.1, 0.15) is 29.8 Å². The fourth-order valence-electron chi connectivity index (χ4n) is 8.77. The third-order valence-corrected chi connectivity index (χ3v) is 14.6. The fraction of sp³-hybridized carbons (Fsp3) is 0.412. The quantitative estimate of drug-likeness (QED) is 0.0363. The smallest absolute Gasteiger partial charge is 0.351 e. The van der Waals surface area contributed by atoms with E-state index >= 15 is 0 Å². The first-order chi connectivity index (χ1) is 31.9. The number of rotatable bonds is 23. The zero-order valence-corrected chi connectivity index (χ0v) is 39.8. The molecule has 66 heavy (non-hydrogen) atoms. The summed E-state index contributed by atoms with van der Waals surface area (Å²) in [6.45, 7) is 10.2. The Bertz CT molecular complexity index is 2370. The topological polar surface area (TPSA) is 167 Å². The van der Waals surface area contributed by atoms with E-state index in [9.17, 15) is 19.7 Å². The van der Waals surface area contributed by atoms with E-state index in [1.165, 1.54) is 16.8 Å². The molecule has 1 aromatic heterocycles. The maximum Gasteiger partial charge on any atom is 0.351 e. The van der Waals surface area contributed by atoms with Crippen LogP contribution in [0.2, 0.25) is 0 Å². The van der Waals surface area contributed by atoms with E-state index in [1.807, 2.05) is 117 Å². The number of amides is 1. The number of carbonyl (C=O) groups excluding carboxylic acids is 1. The van der Waals surface area contributed by atoms with Gasteiger partial charge in [-0.15, -0.1) is 4.67 Å². The molecule has 350 valence electrons. The second kappa shape index (κ2) is 23.3. The number of carbonyl (C=O) groups is 1. The van der Waals surface area contributed by atoms with Crippen molar-refractivity contribution < 1.29 is 37.9 Å². The molecule has 0 bridgehead atoms. The molecule has 0 saturated carbocycles. The number of ether oxygens (including phenoxy) is 5. The molecule has 14 nitrogen and oxygen atoms in total. The predicted molar refractivity (Wildman–Crippen MR) is 256 cm³/mol. The third kappa shape index (κ3) is 11.2. The number of nitrogens with one attached hydrogen (secondary N) is 1. The molecule has 15 heteroatoms. The molecule has 2 heterocycles. The molecule has 1 aliphatic heterocycles. The average Bonchev–Trinajstić information content (AvgIpc) is 3.65. The van der Waals surface area contributed by atoms with Crippen molar-refractivity contribution in [2.75, 3.05) is 38.9 Å². The van der Waals surface area contributed by atoms with Gasteiger partial charge in [0, 0.05) is 36.0 Å². The van der Waals surface area contributed by atoms with Crippen molar-refractivity contribution in [1.29, 1.82) is 5.26 Å². The number of hydrogen-bond acceptors (Lipinski definition) is 12. The molecular weight excluding hydrogens is 858 g/mol. The highest BCUT2D eigenvalue weighted by Crippen LogP contribution is 2.64. The Hall–Kier alpha value is -5.49. The number of para-hydroxylation sites is 1. The zero-order valence-electron chi connectivity index (χ0n) is 38.9. The minimum atomic E-state index is -3.61. The Morgan fingerprint density at radius 2 is 1.53 bits per heavy atom. The fourth-order valence-corrected chi connectivity index (χ4v) is 11.7. The molecular formula is C51H63N5O9P+. The van der Waals surface area contributed by atoms with Crippen molar-refractivity contribution >= 4 is 19.6 Å². The van der Waals surface area contributed by atoms with E-state index in [0.717, 1.165) is 24.0 Å². The molecule has 1 fully saturated rings. The first-order valence-corrected chi connectivity index (χ1v) is 24.4. The molecule has 1 saturated heterocycles. The van der Waals surface area contributed by atoms with Crippen LogP contribution >= 0.6 is 7.87 Å². The number of methoxy groups -OCH3 is 2. The summed E-state index contributed by atoms with van der Waals surface area (Å²) in [5.74, 6) is 0.592. The van der Waals surface area contributed by atoms with Gasteiger partial charge in [-0.25, -0.2) is 9.69 Å². The minimum absolute atomic E-state index is 0.0285. The summed E-state index contributed by atoms with van der Waals surface area (Å²) in [5, 5.41) is 12.6. The number of unbranched alkanes of at least 4 members (excludes halogenated alkanes) is 2. The monoisotopic (exact) mass is 920 g/mol.